The van der Waals surface area contributed by atoms with Gasteiger partial charge in [0.1, 0.15) is 5.69 Å². The highest BCUT2D eigenvalue weighted by atomic mass is 35.5. The van der Waals surface area contributed by atoms with E-state index in [1.165, 1.54) is 12.1 Å². The SMILES string of the molecule is CCn1ncc(C(=O)N[C@@H]2CCC[C@H](Nc3cc(C(F)(F)F)nc4ccc(Cl)cc34)C2)c1C. The molecule has 2 heterocycles. The molecule has 176 valence electrons. The minimum atomic E-state index is -4.56. The van der Waals surface area contributed by atoms with Crippen molar-refractivity contribution in [3.8, 4) is 0 Å². The van der Waals surface area contributed by atoms with E-state index in [2.05, 4.69) is 20.7 Å². The third-order valence-electron chi connectivity index (χ3n) is 6.08. The molecule has 0 radical (unpaired) electrons. The van der Waals surface area contributed by atoms with Gasteiger partial charge in [-0.1, -0.05) is 11.6 Å². The molecule has 0 spiro atoms. The summed E-state index contributed by atoms with van der Waals surface area (Å²) >= 11 is 6.09. The Hall–Kier alpha value is -2.81. The summed E-state index contributed by atoms with van der Waals surface area (Å²) in [6.45, 7) is 4.49. The summed E-state index contributed by atoms with van der Waals surface area (Å²) in [6, 6.07) is 5.46. The maximum Gasteiger partial charge on any atom is 0.433 e. The number of carbonyl (C=O) groups is 1. The molecule has 0 aliphatic heterocycles. The van der Waals surface area contributed by atoms with E-state index in [-0.39, 0.29) is 23.5 Å². The van der Waals surface area contributed by atoms with E-state index in [0.29, 0.717) is 34.6 Å². The summed E-state index contributed by atoms with van der Waals surface area (Å²) in [4.78, 5) is 16.5. The Morgan fingerprint density at radius 1 is 1.24 bits per heavy atom. The largest absolute Gasteiger partial charge is 0.433 e. The van der Waals surface area contributed by atoms with Crippen LogP contribution in [0.1, 0.15) is 54.4 Å². The molecule has 2 atom stereocenters. The quantitative estimate of drug-likeness (QED) is 0.500. The molecular formula is C23H25ClF3N5O. The number of alkyl halides is 3. The van der Waals surface area contributed by atoms with Crippen molar-refractivity contribution < 1.29 is 18.0 Å². The molecule has 3 aromatic rings. The number of aryl methyl sites for hydroxylation is 1. The van der Waals surface area contributed by atoms with E-state index < -0.39 is 11.9 Å². The second-order valence-electron chi connectivity index (χ2n) is 8.35. The zero-order valence-corrected chi connectivity index (χ0v) is 19.1. The predicted molar refractivity (Wildman–Crippen MR) is 122 cm³/mol. The van der Waals surface area contributed by atoms with Gasteiger partial charge in [-0.25, -0.2) is 4.98 Å². The number of anilines is 1. The van der Waals surface area contributed by atoms with Gasteiger partial charge in [-0.05, 0) is 63.8 Å². The van der Waals surface area contributed by atoms with Gasteiger partial charge in [-0.15, -0.1) is 0 Å². The molecule has 1 fully saturated rings. The standard InChI is InChI=1S/C23H25ClF3N5O/c1-3-32-13(2)18(12-28-32)22(33)30-16-6-4-5-15(10-16)29-20-11-21(23(25,26)27)31-19-8-7-14(24)9-17(19)20/h7-9,11-12,15-16H,3-6,10H2,1-2H3,(H,29,31)(H,30,33)/t15-,16+/m0/s1. The Balaban J connectivity index is 1.53. The van der Waals surface area contributed by atoms with Crippen molar-refractivity contribution in [2.45, 2.75) is 64.3 Å². The topological polar surface area (TPSA) is 71.8 Å². The van der Waals surface area contributed by atoms with Gasteiger partial charge in [0, 0.05) is 40.4 Å². The number of aromatic nitrogens is 3. The Kier molecular flexibility index (Phi) is 6.52. The third-order valence-corrected chi connectivity index (χ3v) is 6.31. The molecule has 1 amide bonds. The second kappa shape index (κ2) is 9.21. The van der Waals surface area contributed by atoms with Gasteiger partial charge in [0.15, 0.2) is 0 Å². The Morgan fingerprint density at radius 2 is 2.00 bits per heavy atom. The zero-order valence-electron chi connectivity index (χ0n) is 18.3. The van der Waals surface area contributed by atoms with Crippen molar-refractivity contribution in [3.63, 3.8) is 0 Å². The van der Waals surface area contributed by atoms with E-state index in [1.807, 2.05) is 13.8 Å². The van der Waals surface area contributed by atoms with Crippen LogP contribution >= 0.6 is 11.6 Å². The van der Waals surface area contributed by atoms with Gasteiger partial charge in [0.25, 0.3) is 5.91 Å². The first-order chi connectivity index (χ1) is 15.7. The van der Waals surface area contributed by atoms with Gasteiger partial charge in [0.2, 0.25) is 0 Å². The molecule has 10 heteroatoms. The van der Waals surface area contributed by atoms with Crippen LogP contribution in [-0.2, 0) is 12.7 Å². The van der Waals surface area contributed by atoms with Crippen molar-refractivity contribution >= 4 is 34.1 Å². The fourth-order valence-electron chi connectivity index (χ4n) is 4.39. The molecule has 2 aromatic heterocycles. The molecule has 0 saturated heterocycles. The lowest BCUT2D eigenvalue weighted by atomic mass is 9.90. The van der Waals surface area contributed by atoms with E-state index in [9.17, 15) is 18.0 Å². The highest BCUT2D eigenvalue weighted by Gasteiger charge is 2.34. The number of amides is 1. The molecule has 1 aromatic carbocycles. The van der Waals surface area contributed by atoms with Crippen LogP contribution in [0.4, 0.5) is 18.9 Å². The van der Waals surface area contributed by atoms with Crippen molar-refractivity contribution in [2.75, 3.05) is 5.32 Å². The van der Waals surface area contributed by atoms with Crippen molar-refractivity contribution in [1.29, 1.82) is 0 Å². The minimum Gasteiger partial charge on any atom is -0.382 e. The Morgan fingerprint density at radius 3 is 2.70 bits per heavy atom. The smallest absolute Gasteiger partial charge is 0.382 e. The number of hydrogen-bond donors (Lipinski definition) is 2. The van der Waals surface area contributed by atoms with E-state index in [0.717, 1.165) is 31.0 Å². The minimum absolute atomic E-state index is 0.0908. The fourth-order valence-corrected chi connectivity index (χ4v) is 4.56. The van der Waals surface area contributed by atoms with E-state index >= 15 is 0 Å². The van der Waals surface area contributed by atoms with Gasteiger partial charge in [-0.2, -0.15) is 18.3 Å². The predicted octanol–water partition coefficient (Wildman–Crippen LogP) is 5.58. The third kappa shape index (κ3) is 5.08. The van der Waals surface area contributed by atoms with Gasteiger partial charge in [-0.3, -0.25) is 9.48 Å². The number of rotatable bonds is 5. The summed E-state index contributed by atoms with van der Waals surface area (Å²) in [7, 11) is 0. The second-order valence-corrected chi connectivity index (χ2v) is 8.79. The Labute approximate surface area is 194 Å². The number of nitrogens with one attached hydrogen (secondary N) is 2. The summed E-state index contributed by atoms with van der Waals surface area (Å²) in [5.41, 5.74) is 0.952. The zero-order chi connectivity index (χ0) is 23.8. The van der Waals surface area contributed by atoms with Crippen LogP contribution in [0.5, 0.6) is 0 Å². The average molecular weight is 480 g/mol. The first-order valence-corrected chi connectivity index (χ1v) is 11.3. The summed E-state index contributed by atoms with van der Waals surface area (Å²) in [5, 5.41) is 11.5. The number of fused-ring (bicyclic) bond motifs is 1. The molecular weight excluding hydrogens is 455 g/mol. The molecule has 0 unspecified atom stereocenters. The molecule has 4 rings (SSSR count). The number of nitrogens with zero attached hydrogens (tertiary/aromatic N) is 3. The first kappa shape index (κ1) is 23.4. The number of hydrogen-bond acceptors (Lipinski definition) is 4. The number of benzene rings is 1. The Bertz CT molecular complexity index is 1180. The van der Waals surface area contributed by atoms with Crippen molar-refractivity contribution in [2.24, 2.45) is 0 Å². The van der Waals surface area contributed by atoms with Gasteiger partial charge < -0.3 is 10.6 Å². The maximum atomic E-state index is 13.4. The lowest BCUT2D eigenvalue weighted by Crippen LogP contribution is -2.42. The molecule has 1 aliphatic carbocycles. The van der Waals surface area contributed by atoms with Crippen LogP contribution in [0.25, 0.3) is 10.9 Å². The lowest BCUT2D eigenvalue weighted by molar-refractivity contribution is -0.140. The summed E-state index contributed by atoms with van der Waals surface area (Å²) in [5.74, 6) is -0.182. The van der Waals surface area contributed by atoms with Gasteiger partial charge >= 0.3 is 6.18 Å². The fraction of sp³-hybridized carbons (Fsp3) is 0.435. The average Bonchev–Trinajstić information content (AvgIpc) is 3.14. The first-order valence-electron chi connectivity index (χ1n) is 10.9. The molecule has 0 bridgehead atoms. The highest BCUT2D eigenvalue weighted by molar-refractivity contribution is 6.31. The molecule has 2 N–H and O–H groups in total. The molecule has 33 heavy (non-hydrogen) atoms. The van der Waals surface area contributed by atoms with Crippen LogP contribution in [0.15, 0.2) is 30.5 Å². The lowest BCUT2D eigenvalue weighted by Gasteiger charge is -2.31. The summed E-state index contributed by atoms with van der Waals surface area (Å²) < 4.78 is 42.0. The molecule has 1 saturated carbocycles. The van der Waals surface area contributed by atoms with Gasteiger partial charge in [0.05, 0.1) is 17.3 Å². The molecule has 6 nitrogen and oxygen atoms in total. The number of carbonyl (C=O) groups excluding carboxylic acids is 1. The molecule has 1 aliphatic rings. The number of halogens is 4. The van der Waals surface area contributed by atoms with Crippen LogP contribution in [0.2, 0.25) is 5.02 Å². The number of pyridine rings is 1. The van der Waals surface area contributed by atoms with Crippen LogP contribution in [0, 0.1) is 6.92 Å². The van der Waals surface area contributed by atoms with Crippen LogP contribution in [-0.4, -0.2) is 32.8 Å². The monoisotopic (exact) mass is 479 g/mol. The maximum absolute atomic E-state index is 13.4. The van der Waals surface area contributed by atoms with Crippen molar-refractivity contribution in [3.05, 3.63) is 52.4 Å². The van der Waals surface area contributed by atoms with Crippen molar-refractivity contribution in [1.82, 2.24) is 20.1 Å². The highest BCUT2D eigenvalue weighted by Crippen LogP contribution is 2.35. The van der Waals surface area contributed by atoms with E-state index in [1.54, 1.807) is 16.9 Å². The normalized spacial score (nSPS) is 19.0. The summed E-state index contributed by atoms with van der Waals surface area (Å²) in [6.07, 6.45) is 0.0308. The van der Waals surface area contributed by atoms with E-state index in [4.69, 9.17) is 11.6 Å². The van der Waals surface area contributed by atoms with Crippen LogP contribution in [0.3, 0.4) is 0 Å². The van der Waals surface area contributed by atoms with Crippen LogP contribution < -0.4 is 10.6 Å².